The number of hydrogen-bond acceptors (Lipinski definition) is 8. The Kier molecular flexibility index (Phi) is 7.07. The fourth-order valence-electron chi connectivity index (χ4n) is 6.84. The molecular formula is C33H37N3O4S. The van der Waals surface area contributed by atoms with E-state index in [0.717, 1.165) is 65.9 Å². The smallest absolute Gasteiger partial charge is 0.338 e. The lowest BCUT2D eigenvalue weighted by atomic mass is 9.98. The van der Waals surface area contributed by atoms with Gasteiger partial charge in [0, 0.05) is 35.2 Å². The van der Waals surface area contributed by atoms with Crippen LogP contribution in [0.5, 0.6) is 0 Å². The molecule has 1 aromatic heterocycles. The molecule has 2 aliphatic heterocycles. The molecule has 8 heteroatoms. The van der Waals surface area contributed by atoms with Crippen molar-refractivity contribution in [2.45, 2.75) is 76.0 Å². The molecular weight excluding hydrogens is 534 g/mol. The van der Waals surface area contributed by atoms with Crippen LogP contribution in [0.1, 0.15) is 73.7 Å². The van der Waals surface area contributed by atoms with Crippen LogP contribution in [0.25, 0.3) is 10.2 Å². The third-order valence-corrected chi connectivity index (χ3v) is 10.3. The Morgan fingerprint density at radius 2 is 1.83 bits per heavy atom. The number of carbonyl (C=O) groups is 1. The van der Waals surface area contributed by atoms with Gasteiger partial charge in [-0.2, -0.15) is 0 Å². The average molecular weight is 572 g/mol. The molecule has 2 saturated heterocycles. The minimum absolute atomic E-state index is 0.104. The van der Waals surface area contributed by atoms with Gasteiger partial charge in [-0.15, -0.1) is 0 Å². The number of esters is 1. The van der Waals surface area contributed by atoms with Gasteiger partial charge in [-0.05, 0) is 81.5 Å². The Morgan fingerprint density at radius 3 is 2.54 bits per heavy atom. The van der Waals surface area contributed by atoms with Crippen LogP contribution >= 0.6 is 11.3 Å². The third kappa shape index (κ3) is 5.28. The van der Waals surface area contributed by atoms with Crippen LogP contribution < -0.4 is 4.90 Å². The first kappa shape index (κ1) is 26.7. The van der Waals surface area contributed by atoms with Crippen LogP contribution in [0.4, 0.5) is 5.13 Å². The lowest BCUT2D eigenvalue weighted by Crippen LogP contribution is -2.45. The summed E-state index contributed by atoms with van der Waals surface area (Å²) in [6.45, 7) is 2.50. The summed E-state index contributed by atoms with van der Waals surface area (Å²) in [6.07, 6.45) is 7.14. The fraction of sp³-hybridized carbons (Fsp3) is 0.485. The van der Waals surface area contributed by atoms with E-state index in [1.54, 1.807) is 17.4 Å². The molecule has 214 valence electrons. The van der Waals surface area contributed by atoms with E-state index in [4.69, 9.17) is 19.9 Å². The first-order valence-electron chi connectivity index (χ1n) is 15.0. The number of aliphatic hydroxyl groups is 1. The van der Waals surface area contributed by atoms with Crippen molar-refractivity contribution in [1.82, 2.24) is 4.98 Å². The zero-order valence-electron chi connectivity index (χ0n) is 23.4. The largest absolute Gasteiger partial charge is 0.512 e. The first-order valence-corrected chi connectivity index (χ1v) is 15.8. The van der Waals surface area contributed by atoms with Gasteiger partial charge in [-0.1, -0.05) is 41.7 Å². The van der Waals surface area contributed by atoms with Gasteiger partial charge in [0.15, 0.2) is 5.13 Å². The van der Waals surface area contributed by atoms with Gasteiger partial charge in [0.1, 0.15) is 5.76 Å². The third-order valence-electron chi connectivity index (χ3n) is 9.25. The van der Waals surface area contributed by atoms with Crippen molar-refractivity contribution >= 4 is 38.4 Å². The van der Waals surface area contributed by atoms with Crippen LogP contribution in [0.3, 0.4) is 0 Å². The number of aliphatic hydroxyl groups excluding tert-OH is 1. The second-order valence-electron chi connectivity index (χ2n) is 12.0. The van der Waals surface area contributed by atoms with E-state index in [1.165, 1.54) is 5.56 Å². The van der Waals surface area contributed by atoms with Crippen molar-refractivity contribution in [3.8, 4) is 0 Å². The van der Waals surface area contributed by atoms with Crippen LogP contribution in [0.15, 0.2) is 59.9 Å². The predicted octanol–water partition coefficient (Wildman–Crippen LogP) is 7.03. The molecule has 41 heavy (non-hydrogen) atoms. The molecule has 4 unspecified atom stereocenters. The van der Waals surface area contributed by atoms with Crippen LogP contribution in [-0.4, -0.2) is 53.2 Å². The Labute approximate surface area is 244 Å². The standard InChI is InChI=1S/C33H37N3O4S/c1-2-39-32(38)21-10-13-28-29(14-21)41-33(35-28)36-22-11-12-23(36)16-24(15-22)40-18-27(31(37)20-8-9-20)30(34)26-17-25(26)19-6-4-3-5-7-19/h3-7,10,13-14,20,22-26,34,37H,2,8-9,11-12,15-18H2,1H3/b31-27-,34-30?/t22-,23?,24?,25?,26?/m0/s1. The Hall–Kier alpha value is -3.23. The van der Waals surface area contributed by atoms with Crippen molar-refractivity contribution in [2.24, 2.45) is 11.8 Å². The molecule has 3 aromatic rings. The highest BCUT2D eigenvalue weighted by atomic mass is 32.1. The summed E-state index contributed by atoms with van der Waals surface area (Å²) < 4.78 is 12.7. The highest BCUT2D eigenvalue weighted by molar-refractivity contribution is 7.22. The summed E-state index contributed by atoms with van der Waals surface area (Å²) in [4.78, 5) is 19.6. The highest BCUT2D eigenvalue weighted by Crippen LogP contribution is 2.50. The fourth-order valence-corrected chi connectivity index (χ4v) is 7.99. The summed E-state index contributed by atoms with van der Waals surface area (Å²) in [7, 11) is 0. The van der Waals surface area contributed by atoms with Crippen LogP contribution in [0, 0.1) is 17.2 Å². The molecule has 3 heterocycles. The molecule has 2 aliphatic carbocycles. The van der Waals surface area contributed by atoms with E-state index < -0.39 is 0 Å². The number of fused-ring (bicyclic) bond motifs is 3. The molecule has 2 bridgehead atoms. The molecule has 7 rings (SSSR count). The summed E-state index contributed by atoms with van der Waals surface area (Å²) in [5.74, 6) is 0.828. The number of allylic oxidation sites excluding steroid dienone is 1. The second-order valence-corrected chi connectivity index (χ2v) is 13.0. The topological polar surface area (TPSA) is 95.7 Å². The quantitative estimate of drug-likeness (QED) is 0.154. The van der Waals surface area contributed by atoms with E-state index in [0.29, 0.717) is 48.2 Å². The van der Waals surface area contributed by atoms with E-state index >= 15 is 0 Å². The summed E-state index contributed by atoms with van der Waals surface area (Å²) >= 11 is 1.64. The molecule has 5 atom stereocenters. The molecule has 4 fully saturated rings. The van der Waals surface area contributed by atoms with Crippen molar-refractivity contribution in [2.75, 3.05) is 18.1 Å². The maximum absolute atomic E-state index is 12.2. The van der Waals surface area contributed by atoms with Crippen LogP contribution in [-0.2, 0) is 9.47 Å². The molecule has 4 aliphatic rings. The monoisotopic (exact) mass is 571 g/mol. The maximum atomic E-state index is 12.2. The number of hydrogen-bond donors (Lipinski definition) is 2. The normalized spacial score (nSPS) is 27.5. The number of piperidine rings is 1. The van der Waals surface area contributed by atoms with E-state index in [9.17, 15) is 9.90 Å². The molecule has 0 spiro atoms. The second kappa shape index (κ2) is 10.9. The van der Waals surface area contributed by atoms with Gasteiger partial charge >= 0.3 is 5.97 Å². The van der Waals surface area contributed by atoms with Gasteiger partial charge in [0.05, 0.1) is 35.1 Å². The summed E-state index contributed by atoms with van der Waals surface area (Å²) in [5.41, 5.74) is 4.06. The van der Waals surface area contributed by atoms with Crippen molar-refractivity contribution < 1.29 is 19.4 Å². The van der Waals surface area contributed by atoms with Gasteiger partial charge in [-0.3, -0.25) is 0 Å². The number of aromatic nitrogens is 1. The van der Waals surface area contributed by atoms with Gasteiger partial charge in [-0.25, -0.2) is 9.78 Å². The minimum Gasteiger partial charge on any atom is -0.512 e. The highest BCUT2D eigenvalue weighted by Gasteiger charge is 2.45. The van der Waals surface area contributed by atoms with Gasteiger partial charge < -0.3 is 24.9 Å². The van der Waals surface area contributed by atoms with E-state index in [1.807, 2.05) is 25.1 Å². The van der Waals surface area contributed by atoms with Crippen LogP contribution in [0.2, 0.25) is 0 Å². The number of thiazole rings is 1. The van der Waals surface area contributed by atoms with E-state index in [-0.39, 0.29) is 23.9 Å². The molecule has 7 nitrogen and oxygen atoms in total. The number of ether oxygens (including phenoxy) is 2. The molecule has 2 aromatic carbocycles. The summed E-state index contributed by atoms with van der Waals surface area (Å²) in [6, 6.07) is 16.8. The number of anilines is 1. The Balaban J connectivity index is 1.02. The number of nitrogens with zero attached hydrogens (tertiary/aromatic N) is 2. The minimum atomic E-state index is -0.297. The maximum Gasteiger partial charge on any atom is 0.338 e. The zero-order chi connectivity index (χ0) is 28.1. The molecule has 0 amide bonds. The lowest BCUT2D eigenvalue weighted by Gasteiger charge is -2.38. The lowest BCUT2D eigenvalue weighted by molar-refractivity contribution is 0.0408. The van der Waals surface area contributed by atoms with Gasteiger partial charge in [0.25, 0.3) is 0 Å². The van der Waals surface area contributed by atoms with Crippen molar-refractivity contribution in [1.29, 1.82) is 5.41 Å². The number of nitrogens with one attached hydrogen (secondary N) is 1. The van der Waals surface area contributed by atoms with E-state index in [2.05, 4.69) is 29.2 Å². The number of rotatable bonds is 10. The average Bonchev–Trinajstić information content (AvgIpc) is 3.91. The first-order chi connectivity index (χ1) is 20.0. The molecule has 2 N–H and O–H groups in total. The molecule has 2 saturated carbocycles. The van der Waals surface area contributed by atoms with Gasteiger partial charge in [0.2, 0.25) is 0 Å². The van der Waals surface area contributed by atoms with Crippen molar-refractivity contribution in [3.05, 3.63) is 71.0 Å². The number of benzene rings is 2. The Bertz CT molecular complexity index is 1480. The SMILES string of the molecule is CCOC(=O)c1ccc2nc(N3C4CC[C@H]3CC(OC/C(C(=N)C3CC3c3ccccc3)=C(/O)C3CC3)C4)sc2c1. The molecule has 0 radical (unpaired) electrons. The van der Waals surface area contributed by atoms with Crippen molar-refractivity contribution in [3.63, 3.8) is 0 Å². The summed E-state index contributed by atoms with van der Waals surface area (Å²) in [5, 5.41) is 21.1. The number of carbonyl (C=O) groups excluding carboxylic acids is 1. The Morgan fingerprint density at radius 1 is 1.07 bits per heavy atom. The zero-order valence-corrected chi connectivity index (χ0v) is 24.2. The predicted molar refractivity (Wildman–Crippen MR) is 161 cm³/mol.